The minimum absolute atomic E-state index is 0.236. The number of benzene rings is 1. The second-order valence-corrected chi connectivity index (χ2v) is 6.18. The first-order valence-electron chi connectivity index (χ1n) is 7.80. The lowest BCUT2D eigenvalue weighted by Crippen LogP contribution is -2.38. The van der Waals surface area contributed by atoms with Crippen molar-refractivity contribution in [3.05, 3.63) is 35.4 Å². The number of carbonyl (C=O) groups excluding carboxylic acids is 2. The highest BCUT2D eigenvalue weighted by molar-refractivity contribution is 6.21. The quantitative estimate of drug-likeness (QED) is 0.562. The number of rotatable bonds is 8. The van der Waals surface area contributed by atoms with Gasteiger partial charge in [-0.15, -0.1) is 0 Å². The van der Waals surface area contributed by atoms with Crippen LogP contribution in [-0.4, -0.2) is 47.4 Å². The summed E-state index contributed by atoms with van der Waals surface area (Å²) in [5.41, 5.74) is 0.862. The van der Waals surface area contributed by atoms with Crippen molar-refractivity contribution >= 4 is 17.8 Å². The van der Waals surface area contributed by atoms with Gasteiger partial charge in [-0.1, -0.05) is 26.0 Å². The van der Waals surface area contributed by atoms with E-state index in [1.807, 2.05) is 13.8 Å². The molecule has 2 rings (SSSR count). The fraction of sp³-hybridized carbons (Fsp3) is 0.471. The number of hydrogen-bond donors (Lipinski definition) is 2. The molecule has 6 heteroatoms. The Morgan fingerprint density at radius 2 is 1.74 bits per heavy atom. The average Bonchev–Trinajstić information content (AvgIpc) is 2.74. The minimum atomic E-state index is -0.827. The molecule has 1 atom stereocenters. The lowest BCUT2D eigenvalue weighted by atomic mass is 9.97. The number of nitrogens with one attached hydrogen (secondary N) is 1. The summed E-state index contributed by atoms with van der Waals surface area (Å²) in [6, 6.07) is 6.75. The highest BCUT2D eigenvalue weighted by Gasteiger charge is 2.34. The monoisotopic (exact) mass is 318 g/mol. The lowest BCUT2D eigenvalue weighted by molar-refractivity contribution is -0.142. The van der Waals surface area contributed by atoms with Crippen LogP contribution >= 0.6 is 0 Å². The number of carbonyl (C=O) groups is 3. The predicted octanol–water partition coefficient (Wildman–Crippen LogP) is 1.62. The third-order valence-electron chi connectivity index (χ3n) is 3.89. The molecule has 0 saturated heterocycles. The van der Waals surface area contributed by atoms with Crippen LogP contribution in [0.4, 0.5) is 0 Å². The average molecular weight is 318 g/mol. The molecule has 1 aromatic rings. The zero-order chi connectivity index (χ0) is 17.0. The van der Waals surface area contributed by atoms with Crippen LogP contribution in [0.5, 0.6) is 0 Å². The van der Waals surface area contributed by atoms with Gasteiger partial charge in [0.05, 0.1) is 17.0 Å². The molecule has 1 unspecified atom stereocenters. The molecule has 0 aromatic heterocycles. The molecule has 124 valence electrons. The Hall–Kier alpha value is -2.21. The summed E-state index contributed by atoms with van der Waals surface area (Å²) >= 11 is 0. The van der Waals surface area contributed by atoms with E-state index in [9.17, 15) is 19.5 Å². The number of amides is 2. The predicted molar refractivity (Wildman–Crippen MR) is 85.3 cm³/mol. The van der Waals surface area contributed by atoms with Crippen LogP contribution in [0, 0.1) is 11.8 Å². The van der Waals surface area contributed by atoms with Crippen LogP contribution in [0.25, 0.3) is 0 Å². The molecule has 0 fully saturated rings. The van der Waals surface area contributed by atoms with Crippen molar-refractivity contribution < 1.29 is 19.5 Å². The van der Waals surface area contributed by atoms with E-state index in [1.54, 1.807) is 24.3 Å². The minimum Gasteiger partial charge on any atom is -0.481 e. The largest absolute Gasteiger partial charge is 0.481 e. The molecule has 2 N–H and O–H groups in total. The van der Waals surface area contributed by atoms with Crippen LogP contribution in [-0.2, 0) is 4.79 Å². The molecule has 2 amide bonds. The van der Waals surface area contributed by atoms with Crippen molar-refractivity contribution in [2.75, 3.05) is 19.6 Å². The molecule has 0 radical (unpaired) electrons. The van der Waals surface area contributed by atoms with Gasteiger partial charge in [0.2, 0.25) is 0 Å². The Balaban J connectivity index is 1.85. The zero-order valence-electron chi connectivity index (χ0n) is 13.4. The maximum absolute atomic E-state index is 12.2. The maximum atomic E-state index is 12.2. The van der Waals surface area contributed by atoms with Crippen LogP contribution < -0.4 is 5.32 Å². The Morgan fingerprint density at radius 1 is 1.17 bits per heavy atom. The molecule has 0 bridgehead atoms. The summed E-state index contributed by atoms with van der Waals surface area (Å²) in [6.45, 7) is 4.91. The number of carboxylic acid groups (broad SMARTS) is 1. The number of aliphatic carboxylic acids is 1. The van der Waals surface area contributed by atoms with Crippen molar-refractivity contribution in [2.45, 2.75) is 20.3 Å². The molecule has 1 aromatic carbocycles. The first kappa shape index (κ1) is 17.1. The molecule has 1 aliphatic heterocycles. The summed E-state index contributed by atoms with van der Waals surface area (Å²) < 4.78 is 0. The Labute approximate surface area is 135 Å². The van der Waals surface area contributed by atoms with E-state index >= 15 is 0 Å². The maximum Gasteiger partial charge on any atom is 0.307 e. The molecular weight excluding hydrogens is 296 g/mol. The Bertz CT molecular complexity index is 577. The summed E-state index contributed by atoms with van der Waals surface area (Å²) in [7, 11) is 0. The molecule has 0 spiro atoms. The fourth-order valence-corrected chi connectivity index (χ4v) is 2.75. The lowest BCUT2D eigenvalue weighted by Gasteiger charge is -2.17. The zero-order valence-corrected chi connectivity index (χ0v) is 13.4. The standard InChI is InChI=1S/C17H22N2O4/c1-11(2)9-12(17(22)23)10-18-7-8-19-15(20)13-5-3-4-6-14(13)16(19)21/h3-6,11-12,18H,7-10H2,1-2H3,(H,22,23). The van der Waals surface area contributed by atoms with Crippen molar-refractivity contribution in [3.63, 3.8) is 0 Å². The van der Waals surface area contributed by atoms with Gasteiger partial charge in [-0.05, 0) is 24.5 Å². The van der Waals surface area contributed by atoms with E-state index in [-0.39, 0.29) is 18.4 Å². The van der Waals surface area contributed by atoms with Gasteiger partial charge in [0, 0.05) is 19.6 Å². The van der Waals surface area contributed by atoms with Gasteiger partial charge in [-0.3, -0.25) is 19.3 Å². The first-order valence-corrected chi connectivity index (χ1v) is 7.80. The summed E-state index contributed by atoms with van der Waals surface area (Å²) in [5, 5.41) is 12.2. The second-order valence-electron chi connectivity index (χ2n) is 6.18. The molecule has 1 heterocycles. The summed E-state index contributed by atoms with van der Waals surface area (Å²) in [6.07, 6.45) is 0.593. The molecule has 23 heavy (non-hydrogen) atoms. The van der Waals surface area contributed by atoms with Gasteiger partial charge in [0.1, 0.15) is 0 Å². The number of hydrogen-bond acceptors (Lipinski definition) is 4. The molecule has 1 aliphatic rings. The number of fused-ring (bicyclic) bond motifs is 1. The summed E-state index contributed by atoms with van der Waals surface area (Å²) in [4.78, 5) is 36.7. The number of carboxylic acids is 1. The van der Waals surface area contributed by atoms with Gasteiger partial charge >= 0.3 is 5.97 Å². The number of imide groups is 1. The van der Waals surface area contributed by atoms with E-state index < -0.39 is 11.9 Å². The Kier molecular flexibility index (Phi) is 5.50. The van der Waals surface area contributed by atoms with Crippen molar-refractivity contribution in [1.29, 1.82) is 0 Å². The SMILES string of the molecule is CC(C)CC(CNCCN1C(=O)c2ccccc2C1=O)C(=O)O. The van der Waals surface area contributed by atoms with Crippen molar-refractivity contribution in [3.8, 4) is 0 Å². The van der Waals surface area contributed by atoms with Gasteiger partial charge < -0.3 is 10.4 Å². The number of nitrogens with zero attached hydrogens (tertiary/aromatic N) is 1. The molecule has 6 nitrogen and oxygen atoms in total. The highest BCUT2D eigenvalue weighted by atomic mass is 16.4. The summed E-state index contributed by atoms with van der Waals surface area (Å²) in [5.74, 6) is -1.56. The smallest absolute Gasteiger partial charge is 0.307 e. The van der Waals surface area contributed by atoms with Crippen LogP contribution in [0.1, 0.15) is 41.0 Å². The van der Waals surface area contributed by atoms with Crippen molar-refractivity contribution in [1.82, 2.24) is 10.2 Å². The third-order valence-corrected chi connectivity index (χ3v) is 3.89. The van der Waals surface area contributed by atoms with Gasteiger partial charge in [0.25, 0.3) is 11.8 Å². The van der Waals surface area contributed by atoms with E-state index in [2.05, 4.69) is 5.32 Å². The topological polar surface area (TPSA) is 86.7 Å². The van der Waals surface area contributed by atoms with Gasteiger partial charge in [-0.25, -0.2) is 0 Å². The van der Waals surface area contributed by atoms with Crippen LogP contribution in [0.15, 0.2) is 24.3 Å². The molecular formula is C17H22N2O4. The third kappa shape index (κ3) is 3.96. The molecule has 0 aliphatic carbocycles. The van der Waals surface area contributed by atoms with E-state index in [0.717, 1.165) is 0 Å². The second kappa shape index (κ2) is 7.37. The normalized spacial score (nSPS) is 15.2. The van der Waals surface area contributed by atoms with E-state index in [0.29, 0.717) is 36.6 Å². The first-order chi connectivity index (χ1) is 10.9. The van der Waals surface area contributed by atoms with Crippen LogP contribution in [0.2, 0.25) is 0 Å². The fourth-order valence-electron chi connectivity index (χ4n) is 2.75. The van der Waals surface area contributed by atoms with E-state index in [1.165, 1.54) is 4.90 Å². The van der Waals surface area contributed by atoms with Gasteiger partial charge in [0.15, 0.2) is 0 Å². The van der Waals surface area contributed by atoms with Crippen LogP contribution in [0.3, 0.4) is 0 Å². The highest BCUT2D eigenvalue weighted by Crippen LogP contribution is 2.21. The van der Waals surface area contributed by atoms with Gasteiger partial charge in [-0.2, -0.15) is 0 Å². The molecule has 0 saturated carbocycles. The van der Waals surface area contributed by atoms with E-state index in [4.69, 9.17) is 0 Å². The Morgan fingerprint density at radius 3 is 2.22 bits per heavy atom. The van der Waals surface area contributed by atoms with Crippen molar-refractivity contribution in [2.24, 2.45) is 11.8 Å².